The second-order valence-corrected chi connectivity index (χ2v) is 8.38. The molecule has 1 aromatic heterocycles. The third-order valence-corrected chi connectivity index (χ3v) is 6.20. The number of methoxy groups -OCH3 is 1. The molecule has 1 aromatic carbocycles. The van der Waals surface area contributed by atoms with Crippen molar-refractivity contribution in [2.45, 2.75) is 47.0 Å². The van der Waals surface area contributed by atoms with E-state index in [1.54, 1.807) is 0 Å². The van der Waals surface area contributed by atoms with Gasteiger partial charge in [0.05, 0.1) is 12.7 Å². The molecule has 3 rings (SSSR count). The molecule has 1 aliphatic carbocycles. The molecule has 0 bridgehead atoms. The van der Waals surface area contributed by atoms with Crippen LogP contribution in [0.1, 0.15) is 61.2 Å². The van der Waals surface area contributed by atoms with Crippen LogP contribution in [0.4, 0.5) is 5.00 Å². The molecular formula is C21H25NO3S. The molecule has 0 spiro atoms. The number of hydrogen-bond acceptors (Lipinski definition) is 4. The molecule has 26 heavy (non-hydrogen) atoms. The summed E-state index contributed by atoms with van der Waals surface area (Å²) in [5.41, 5.74) is 5.27. The third kappa shape index (κ3) is 3.40. The lowest BCUT2D eigenvalue weighted by molar-refractivity contribution is 0.0601. The Morgan fingerprint density at radius 1 is 1.15 bits per heavy atom. The van der Waals surface area contributed by atoms with Gasteiger partial charge in [0.15, 0.2) is 0 Å². The summed E-state index contributed by atoms with van der Waals surface area (Å²) >= 11 is 1.51. The molecule has 4 nitrogen and oxygen atoms in total. The molecule has 1 atom stereocenters. The van der Waals surface area contributed by atoms with Crippen LogP contribution < -0.4 is 5.32 Å². The SMILES string of the molecule is COC(=O)c1c(NC(=O)c2c(C)cc(C)cc2C)sc2c1CCC(C)C2. The van der Waals surface area contributed by atoms with Crippen molar-refractivity contribution in [3.05, 3.63) is 50.4 Å². The number of nitrogens with one attached hydrogen (secondary N) is 1. The van der Waals surface area contributed by atoms with E-state index in [2.05, 4.69) is 12.2 Å². The summed E-state index contributed by atoms with van der Waals surface area (Å²) < 4.78 is 5.00. The molecule has 138 valence electrons. The fraction of sp³-hybridized carbons (Fsp3) is 0.429. The summed E-state index contributed by atoms with van der Waals surface area (Å²) in [7, 11) is 1.39. The Balaban J connectivity index is 2.00. The van der Waals surface area contributed by atoms with E-state index in [1.165, 1.54) is 23.3 Å². The van der Waals surface area contributed by atoms with E-state index in [0.717, 1.165) is 41.5 Å². The van der Waals surface area contributed by atoms with Crippen LogP contribution in [0.2, 0.25) is 0 Å². The summed E-state index contributed by atoms with van der Waals surface area (Å²) in [6.45, 7) is 8.12. The largest absolute Gasteiger partial charge is 0.465 e. The van der Waals surface area contributed by atoms with Gasteiger partial charge in [0.2, 0.25) is 0 Å². The van der Waals surface area contributed by atoms with Gasteiger partial charge in [0.25, 0.3) is 5.91 Å². The summed E-state index contributed by atoms with van der Waals surface area (Å²) in [5.74, 6) is 0.0540. The molecule has 0 saturated heterocycles. The summed E-state index contributed by atoms with van der Waals surface area (Å²) in [4.78, 5) is 26.5. The first kappa shape index (κ1) is 18.6. The Morgan fingerprint density at radius 3 is 2.42 bits per heavy atom. The molecular weight excluding hydrogens is 346 g/mol. The lowest BCUT2D eigenvalue weighted by Gasteiger charge is -2.18. The summed E-state index contributed by atoms with van der Waals surface area (Å²) in [6.07, 6.45) is 2.86. The van der Waals surface area contributed by atoms with Crippen LogP contribution in [-0.2, 0) is 17.6 Å². The molecule has 5 heteroatoms. The number of carbonyl (C=O) groups is 2. The Morgan fingerprint density at radius 2 is 1.81 bits per heavy atom. The number of fused-ring (bicyclic) bond motifs is 1. The maximum absolute atomic E-state index is 13.0. The highest BCUT2D eigenvalue weighted by molar-refractivity contribution is 7.17. The van der Waals surface area contributed by atoms with Gasteiger partial charge in [-0.05, 0) is 62.6 Å². The minimum Gasteiger partial charge on any atom is -0.465 e. The first-order chi connectivity index (χ1) is 12.3. The van der Waals surface area contributed by atoms with Gasteiger partial charge in [-0.1, -0.05) is 24.6 Å². The zero-order valence-corrected chi connectivity index (χ0v) is 16.8. The highest BCUT2D eigenvalue weighted by Crippen LogP contribution is 2.40. The number of amides is 1. The Kier molecular flexibility index (Phi) is 5.19. The van der Waals surface area contributed by atoms with E-state index in [4.69, 9.17) is 4.74 Å². The number of benzene rings is 1. The minimum atomic E-state index is -0.371. The van der Waals surface area contributed by atoms with E-state index in [9.17, 15) is 9.59 Å². The van der Waals surface area contributed by atoms with Gasteiger partial charge in [-0.15, -0.1) is 11.3 Å². The lowest BCUT2D eigenvalue weighted by atomic mass is 9.88. The van der Waals surface area contributed by atoms with Crippen molar-refractivity contribution < 1.29 is 14.3 Å². The van der Waals surface area contributed by atoms with Crippen LogP contribution in [0, 0.1) is 26.7 Å². The van der Waals surface area contributed by atoms with E-state index in [1.807, 2.05) is 32.9 Å². The molecule has 1 amide bonds. The highest BCUT2D eigenvalue weighted by Gasteiger charge is 2.29. The zero-order valence-electron chi connectivity index (χ0n) is 16.0. The topological polar surface area (TPSA) is 55.4 Å². The van der Waals surface area contributed by atoms with Crippen molar-refractivity contribution in [1.82, 2.24) is 0 Å². The highest BCUT2D eigenvalue weighted by atomic mass is 32.1. The van der Waals surface area contributed by atoms with Crippen molar-refractivity contribution in [3.63, 3.8) is 0 Å². The van der Waals surface area contributed by atoms with Gasteiger partial charge >= 0.3 is 5.97 Å². The van der Waals surface area contributed by atoms with E-state index in [-0.39, 0.29) is 11.9 Å². The van der Waals surface area contributed by atoms with Gasteiger partial charge < -0.3 is 10.1 Å². The Labute approximate surface area is 158 Å². The molecule has 2 aromatic rings. The molecule has 1 heterocycles. The number of anilines is 1. The lowest BCUT2D eigenvalue weighted by Crippen LogP contribution is -2.17. The van der Waals surface area contributed by atoms with Crippen molar-refractivity contribution in [2.75, 3.05) is 12.4 Å². The van der Waals surface area contributed by atoms with E-state index < -0.39 is 0 Å². The summed E-state index contributed by atoms with van der Waals surface area (Å²) in [6, 6.07) is 4.01. The minimum absolute atomic E-state index is 0.170. The fourth-order valence-electron chi connectivity index (χ4n) is 3.86. The number of thiophene rings is 1. The molecule has 0 aliphatic heterocycles. The molecule has 0 saturated carbocycles. The fourth-order valence-corrected chi connectivity index (χ4v) is 5.25. The predicted octanol–water partition coefficient (Wildman–Crippen LogP) is 4.84. The van der Waals surface area contributed by atoms with Gasteiger partial charge in [-0.3, -0.25) is 4.79 Å². The second-order valence-electron chi connectivity index (χ2n) is 7.28. The van der Waals surface area contributed by atoms with Crippen molar-refractivity contribution in [2.24, 2.45) is 5.92 Å². The van der Waals surface area contributed by atoms with Crippen LogP contribution in [0.3, 0.4) is 0 Å². The molecule has 0 radical (unpaired) electrons. The number of rotatable bonds is 3. The molecule has 0 fully saturated rings. The average molecular weight is 372 g/mol. The van der Waals surface area contributed by atoms with Gasteiger partial charge in [0, 0.05) is 10.4 Å². The van der Waals surface area contributed by atoms with Crippen LogP contribution >= 0.6 is 11.3 Å². The Hall–Kier alpha value is -2.14. The molecule has 1 aliphatic rings. The van der Waals surface area contributed by atoms with Crippen molar-refractivity contribution in [3.8, 4) is 0 Å². The standard InChI is InChI=1S/C21H25NO3S/c1-11-6-7-15-16(10-11)26-20(18(15)21(24)25-5)22-19(23)17-13(3)8-12(2)9-14(17)4/h8-9,11H,6-7,10H2,1-5H3,(H,22,23). The van der Waals surface area contributed by atoms with E-state index >= 15 is 0 Å². The quantitative estimate of drug-likeness (QED) is 0.786. The first-order valence-electron chi connectivity index (χ1n) is 8.93. The third-order valence-electron chi connectivity index (χ3n) is 5.03. The average Bonchev–Trinajstić information content (AvgIpc) is 2.89. The van der Waals surface area contributed by atoms with Gasteiger partial charge in [-0.2, -0.15) is 0 Å². The molecule has 1 N–H and O–H groups in total. The number of aryl methyl sites for hydroxylation is 3. The first-order valence-corrected chi connectivity index (χ1v) is 9.75. The predicted molar refractivity (Wildman–Crippen MR) is 105 cm³/mol. The van der Waals surface area contributed by atoms with Crippen LogP contribution in [-0.4, -0.2) is 19.0 Å². The summed E-state index contributed by atoms with van der Waals surface area (Å²) in [5, 5.41) is 3.61. The van der Waals surface area contributed by atoms with E-state index in [0.29, 0.717) is 22.0 Å². The smallest absolute Gasteiger partial charge is 0.341 e. The number of hydrogen-bond donors (Lipinski definition) is 1. The molecule has 1 unspecified atom stereocenters. The van der Waals surface area contributed by atoms with Crippen LogP contribution in [0.15, 0.2) is 12.1 Å². The van der Waals surface area contributed by atoms with Gasteiger partial charge in [-0.25, -0.2) is 4.79 Å². The number of ether oxygens (including phenoxy) is 1. The van der Waals surface area contributed by atoms with Crippen molar-refractivity contribution >= 4 is 28.2 Å². The normalized spacial score (nSPS) is 16.1. The maximum atomic E-state index is 13.0. The Bertz CT molecular complexity index is 859. The second kappa shape index (κ2) is 7.23. The number of carbonyl (C=O) groups excluding carboxylic acids is 2. The van der Waals surface area contributed by atoms with Crippen LogP contribution in [0.25, 0.3) is 0 Å². The monoisotopic (exact) mass is 371 g/mol. The number of esters is 1. The van der Waals surface area contributed by atoms with Gasteiger partial charge in [0.1, 0.15) is 5.00 Å². The maximum Gasteiger partial charge on any atom is 0.341 e. The van der Waals surface area contributed by atoms with Crippen LogP contribution in [0.5, 0.6) is 0 Å². The zero-order chi connectivity index (χ0) is 19.0. The van der Waals surface area contributed by atoms with Crippen molar-refractivity contribution in [1.29, 1.82) is 0 Å².